The van der Waals surface area contributed by atoms with Gasteiger partial charge in [-0.1, -0.05) is 18.2 Å². The van der Waals surface area contributed by atoms with Crippen LogP contribution in [-0.2, 0) is 4.79 Å². The lowest BCUT2D eigenvalue weighted by molar-refractivity contribution is -0.122. The molecule has 0 radical (unpaired) electrons. The van der Waals surface area contributed by atoms with Crippen molar-refractivity contribution in [3.05, 3.63) is 65.8 Å². The van der Waals surface area contributed by atoms with Crippen molar-refractivity contribution in [1.29, 1.82) is 0 Å². The third kappa shape index (κ3) is 8.01. The van der Waals surface area contributed by atoms with Gasteiger partial charge in [0.25, 0.3) is 5.91 Å². The van der Waals surface area contributed by atoms with Gasteiger partial charge >= 0.3 is 6.61 Å². The molecule has 3 rings (SSSR count). The number of hydrogen-bond donors (Lipinski definition) is 1. The number of benzene rings is 2. The van der Waals surface area contributed by atoms with Crippen molar-refractivity contribution in [3.8, 4) is 17.2 Å². The fraction of sp³-hybridized carbons (Fsp3) is 0.348. The van der Waals surface area contributed by atoms with Gasteiger partial charge in [0.15, 0.2) is 6.61 Å². The molecule has 6 nitrogen and oxygen atoms in total. The highest BCUT2D eigenvalue weighted by atomic mass is 35.5. The molecule has 1 aliphatic heterocycles. The molecular weight excluding hydrogens is 442 g/mol. The number of alkyl halides is 2. The van der Waals surface area contributed by atoms with Gasteiger partial charge < -0.3 is 19.5 Å². The number of halogens is 3. The molecule has 1 amide bonds. The smallest absolute Gasteiger partial charge is 0.387 e. The molecule has 1 heterocycles. The molecule has 1 N–H and O–H groups in total. The van der Waals surface area contributed by atoms with Crippen molar-refractivity contribution in [2.24, 2.45) is 0 Å². The third-order valence-corrected chi connectivity index (χ3v) is 5.06. The maximum Gasteiger partial charge on any atom is 0.387 e. The van der Waals surface area contributed by atoms with Gasteiger partial charge in [0.05, 0.1) is 0 Å². The zero-order valence-corrected chi connectivity index (χ0v) is 18.2. The first-order valence-corrected chi connectivity index (χ1v) is 10.5. The summed E-state index contributed by atoms with van der Waals surface area (Å²) in [5.74, 6) is 0.853. The Bertz CT molecular complexity index is 894. The molecule has 9 heteroatoms. The number of carbonyl (C=O) groups excluding carboxylic acids is 1. The molecule has 2 aromatic rings. The molecule has 0 aliphatic carbocycles. The van der Waals surface area contributed by atoms with Gasteiger partial charge in [-0.2, -0.15) is 8.78 Å². The van der Waals surface area contributed by atoms with Crippen LogP contribution in [0.25, 0.3) is 0 Å². The minimum atomic E-state index is -2.89. The molecule has 0 bridgehead atoms. The quantitative estimate of drug-likeness (QED) is 0.528. The highest BCUT2D eigenvalue weighted by Gasteiger charge is 2.23. The van der Waals surface area contributed by atoms with Gasteiger partial charge in [0, 0.05) is 30.4 Å². The van der Waals surface area contributed by atoms with Gasteiger partial charge in [0.2, 0.25) is 0 Å². The van der Waals surface area contributed by atoms with Crippen molar-refractivity contribution >= 4 is 17.5 Å². The lowest BCUT2D eigenvalue weighted by Crippen LogP contribution is -2.31. The summed E-state index contributed by atoms with van der Waals surface area (Å²) in [4.78, 5) is 14.3. The predicted molar refractivity (Wildman–Crippen MR) is 117 cm³/mol. The number of ether oxygens (including phenoxy) is 3. The lowest BCUT2D eigenvalue weighted by Gasteiger charge is -2.18. The number of carbonyl (C=O) groups is 1. The van der Waals surface area contributed by atoms with E-state index in [1.807, 2.05) is 12.1 Å². The first kappa shape index (κ1) is 23.8. The monoisotopic (exact) mass is 466 g/mol. The summed E-state index contributed by atoms with van der Waals surface area (Å²) in [6.07, 6.45) is 1.65. The van der Waals surface area contributed by atoms with Crippen LogP contribution in [0.2, 0.25) is 5.02 Å². The third-order valence-electron chi connectivity index (χ3n) is 4.81. The minimum Gasteiger partial charge on any atom is -0.489 e. The van der Waals surface area contributed by atoms with E-state index >= 15 is 0 Å². The molecule has 2 aromatic carbocycles. The Morgan fingerprint density at radius 2 is 1.78 bits per heavy atom. The van der Waals surface area contributed by atoms with Crippen LogP contribution in [0.3, 0.4) is 0 Å². The molecule has 1 atom stereocenters. The fourth-order valence-electron chi connectivity index (χ4n) is 3.26. The highest BCUT2D eigenvalue weighted by Crippen LogP contribution is 2.21. The Hall–Kier alpha value is -2.84. The summed E-state index contributed by atoms with van der Waals surface area (Å²) >= 11 is 5.89. The van der Waals surface area contributed by atoms with Gasteiger partial charge in [-0.3, -0.25) is 9.69 Å². The molecule has 1 unspecified atom stereocenters. The maximum atomic E-state index is 12.1. The summed E-state index contributed by atoms with van der Waals surface area (Å²) in [5, 5.41) is 3.39. The lowest BCUT2D eigenvalue weighted by atomic mass is 10.3. The first-order chi connectivity index (χ1) is 15.4. The maximum absolute atomic E-state index is 12.1. The van der Waals surface area contributed by atoms with Gasteiger partial charge in [0.1, 0.15) is 23.4 Å². The van der Waals surface area contributed by atoms with Crippen molar-refractivity contribution in [3.63, 3.8) is 0 Å². The number of likely N-dealkylation sites (tertiary alicyclic amines) is 1. The van der Waals surface area contributed by atoms with Crippen LogP contribution in [0.15, 0.2) is 60.8 Å². The number of nitrogens with zero attached hydrogens (tertiary/aromatic N) is 1. The zero-order chi connectivity index (χ0) is 22.9. The zero-order valence-electron chi connectivity index (χ0n) is 17.4. The molecule has 1 fully saturated rings. The van der Waals surface area contributed by atoms with Crippen molar-refractivity contribution in [2.45, 2.75) is 25.6 Å². The molecular formula is C23H25ClF2N2O4. The Morgan fingerprint density at radius 3 is 2.47 bits per heavy atom. The molecule has 1 saturated heterocycles. The van der Waals surface area contributed by atoms with Crippen LogP contribution in [0.5, 0.6) is 17.2 Å². The molecule has 32 heavy (non-hydrogen) atoms. The second-order valence-corrected chi connectivity index (χ2v) is 7.76. The Morgan fingerprint density at radius 1 is 1.12 bits per heavy atom. The van der Waals surface area contributed by atoms with Crippen LogP contribution in [0.1, 0.15) is 12.8 Å². The van der Waals surface area contributed by atoms with Gasteiger partial charge in [-0.15, -0.1) is 0 Å². The summed E-state index contributed by atoms with van der Waals surface area (Å²) < 4.78 is 39.9. The van der Waals surface area contributed by atoms with Gasteiger partial charge in [-0.05, 0) is 61.4 Å². The fourth-order valence-corrected chi connectivity index (χ4v) is 3.38. The largest absolute Gasteiger partial charge is 0.489 e. The Balaban J connectivity index is 1.31. The second kappa shape index (κ2) is 11.7. The summed E-state index contributed by atoms with van der Waals surface area (Å²) in [6, 6.07) is 12.9. The number of rotatable bonds is 11. The summed E-state index contributed by atoms with van der Waals surface area (Å²) in [7, 11) is 0. The normalized spacial score (nSPS) is 16.1. The Labute approximate surface area is 190 Å². The Kier molecular flexibility index (Phi) is 8.70. The van der Waals surface area contributed by atoms with E-state index in [2.05, 4.69) is 21.5 Å². The van der Waals surface area contributed by atoms with E-state index in [9.17, 15) is 13.6 Å². The topological polar surface area (TPSA) is 60.0 Å². The van der Waals surface area contributed by atoms with Crippen molar-refractivity contribution < 1.29 is 27.8 Å². The number of amides is 1. The van der Waals surface area contributed by atoms with E-state index < -0.39 is 6.61 Å². The van der Waals surface area contributed by atoms with E-state index in [0.717, 1.165) is 31.8 Å². The number of nitrogens with one attached hydrogen (secondary N) is 1. The van der Waals surface area contributed by atoms with E-state index in [1.54, 1.807) is 12.1 Å². The molecule has 0 saturated carbocycles. The summed E-state index contributed by atoms with van der Waals surface area (Å²) in [5.41, 5.74) is 0.598. The molecule has 172 valence electrons. The van der Waals surface area contributed by atoms with E-state index in [1.165, 1.54) is 24.3 Å². The molecule has 0 spiro atoms. The van der Waals surface area contributed by atoms with E-state index in [0.29, 0.717) is 22.9 Å². The first-order valence-electron chi connectivity index (χ1n) is 10.2. The minimum absolute atomic E-state index is 0.0212. The van der Waals surface area contributed by atoms with Crippen LogP contribution >= 0.6 is 11.6 Å². The van der Waals surface area contributed by atoms with Crippen LogP contribution in [0.4, 0.5) is 8.78 Å². The predicted octanol–water partition coefficient (Wildman–Crippen LogP) is 4.49. The number of hydrogen-bond acceptors (Lipinski definition) is 5. The average Bonchev–Trinajstić information content (AvgIpc) is 3.20. The van der Waals surface area contributed by atoms with E-state index in [4.69, 9.17) is 21.1 Å². The highest BCUT2D eigenvalue weighted by molar-refractivity contribution is 6.30. The van der Waals surface area contributed by atoms with Crippen LogP contribution < -0.4 is 19.5 Å². The SMILES string of the molecule is C=C(CCN1CCC(Oc2ccc(Cl)cc2)C1)NC(=O)COc1ccc(OC(F)F)cc1. The van der Waals surface area contributed by atoms with Crippen LogP contribution in [0, 0.1) is 0 Å². The van der Waals surface area contributed by atoms with E-state index in [-0.39, 0.29) is 24.4 Å². The second-order valence-electron chi connectivity index (χ2n) is 7.32. The molecule has 1 aliphatic rings. The van der Waals surface area contributed by atoms with Crippen molar-refractivity contribution in [2.75, 3.05) is 26.2 Å². The van der Waals surface area contributed by atoms with Crippen LogP contribution in [-0.4, -0.2) is 49.8 Å². The van der Waals surface area contributed by atoms with Gasteiger partial charge in [-0.25, -0.2) is 0 Å². The summed E-state index contributed by atoms with van der Waals surface area (Å²) in [6.45, 7) is 3.27. The molecule has 0 aromatic heterocycles. The van der Waals surface area contributed by atoms with Crippen molar-refractivity contribution in [1.82, 2.24) is 10.2 Å². The average molecular weight is 467 g/mol. The standard InChI is InChI=1S/C23H25ClF2N2O4/c1-16(27-22(29)15-30-18-6-8-20(9-7-18)32-23(25)26)10-12-28-13-11-21(14-28)31-19-4-2-17(24)3-5-19/h2-9,21,23H,1,10-15H2,(H,27,29).